The third-order valence-corrected chi connectivity index (χ3v) is 7.82. The predicted octanol–water partition coefficient (Wildman–Crippen LogP) is 4.49. The van der Waals surface area contributed by atoms with Gasteiger partial charge in [0, 0.05) is 29.9 Å². The molecule has 1 aromatic heterocycles. The van der Waals surface area contributed by atoms with Crippen LogP contribution in [0.3, 0.4) is 0 Å². The molecule has 1 heterocycles. The smallest absolute Gasteiger partial charge is 0.291 e. The first-order valence-corrected chi connectivity index (χ1v) is 11.8. The second-order valence-electron chi connectivity index (χ2n) is 9.83. The molecule has 4 saturated carbocycles. The molecule has 31 heavy (non-hydrogen) atoms. The van der Waals surface area contributed by atoms with Crippen molar-refractivity contribution in [3.8, 4) is 0 Å². The number of aromatic nitrogens is 2. The van der Waals surface area contributed by atoms with E-state index in [9.17, 15) is 4.79 Å². The van der Waals surface area contributed by atoms with E-state index in [-0.39, 0.29) is 11.3 Å². The molecule has 0 radical (unpaired) electrons. The van der Waals surface area contributed by atoms with Gasteiger partial charge in [0.2, 0.25) is 0 Å². The van der Waals surface area contributed by atoms with Gasteiger partial charge < -0.3 is 4.90 Å². The molecule has 4 aliphatic carbocycles. The van der Waals surface area contributed by atoms with Crippen LogP contribution in [0.15, 0.2) is 35.4 Å². The van der Waals surface area contributed by atoms with Gasteiger partial charge in [-0.3, -0.25) is 9.89 Å². The number of amides is 1. The van der Waals surface area contributed by atoms with Crippen molar-refractivity contribution in [2.45, 2.75) is 57.8 Å². The van der Waals surface area contributed by atoms with Crippen LogP contribution >= 0.6 is 0 Å². The number of benzene rings is 1. The van der Waals surface area contributed by atoms with Crippen molar-refractivity contribution in [2.75, 3.05) is 18.0 Å². The lowest BCUT2D eigenvalue weighted by Gasteiger charge is -2.56. The minimum atomic E-state index is -0.261. The van der Waals surface area contributed by atoms with Gasteiger partial charge in [-0.25, -0.2) is 5.43 Å². The summed E-state index contributed by atoms with van der Waals surface area (Å²) in [5, 5.41) is 11.7. The maximum absolute atomic E-state index is 12.6. The number of aromatic amines is 1. The Kier molecular flexibility index (Phi) is 5.32. The number of carbonyl (C=O) groups is 1. The van der Waals surface area contributed by atoms with Crippen molar-refractivity contribution in [3.05, 3.63) is 47.3 Å². The average Bonchev–Trinajstić information content (AvgIpc) is 3.26. The highest BCUT2D eigenvalue weighted by Gasteiger charge is 2.52. The number of nitrogens with one attached hydrogen (secondary N) is 2. The van der Waals surface area contributed by atoms with Crippen molar-refractivity contribution in [1.82, 2.24) is 15.6 Å². The molecule has 0 aliphatic heterocycles. The van der Waals surface area contributed by atoms with Crippen LogP contribution in [-0.4, -0.2) is 35.4 Å². The lowest BCUT2D eigenvalue weighted by atomic mass is 9.49. The molecule has 4 aliphatic rings. The minimum Gasteiger partial charge on any atom is -0.372 e. The molecule has 6 rings (SSSR count). The van der Waals surface area contributed by atoms with Crippen molar-refractivity contribution < 1.29 is 4.79 Å². The highest BCUT2D eigenvalue weighted by atomic mass is 16.2. The molecule has 0 unspecified atom stereocenters. The van der Waals surface area contributed by atoms with Crippen LogP contribution in [0.25, 0.3) is 0 Å². The van der Waals surface area contributed by atoms with Gasteiger partial charge in [0.05, 0.1) is 6.21 Å². The molecule has 6 nitrogen and oxygen atoms in total. The summed E-state index contributed by atoms with van der Waals surface area (Å²) >= 11 is 0. The van der Waals surface area contributed by atoms with Crippen LogP contribution in [0, 0.1) is 17.8 Å². The zero-order valence-electron chi connectivity index (χ0n) is 18.6. The van der Waals surface area contributed by atoms with Crippen LogP contribution in [-0.2, 0) is 5.41 Å². The Labute approximate surface area is 184 Å². The van der Waals surface area contributed by atoms with Gasteiger partial charge in [0.25, 0.3) is 5.91 Å². The highest BCUT2D eigenvalue weighted by molar-refractivity contribution is 5.93. The van der Waals surface area contributed by atoms with Gasteiger partial charge in [0.15, 0.2) is 5.69 Å². The van der Waals surface area contributed by atoms with E-state index in [0.717, 1.165) is 42.1 Å². The zero-order valence-corrected chi connectivity index (χ0v) is 18.6. The summed E-state index contributed by atoms with van der Waals surface area (Å²) in [5.41, 5.74) is 6.59. The van der Waals surface area contributed by atoms with Crippen molar-refractivity contribution >= 4 is 17.8 Å². The maximum Gasteiger partial charge on any atom is 0.291 e. The largest absolute Gasteiger partial charge is 0.372 e. The Hall–Kier alpha value is -2.63. The first-order chi connectivity index (χ1) is 15.1. The Morgan fingerprint density at radius 2 is 1.74 bits per heavy atom. The summed E-state index contributed by atoms with van der Waals surface area (Å²) in [6.07, 6.45) is 9.66. The standard InChI is InChI=1S/C25H33N5O/c1-3-30(4-2)21-7-5-17(6-8-21)16-26-29-24(31)22-12-23(28-27-22)25-13-18-9-19(14-25)11-20(10-18)15-25/h5-8,12,16,18-20H,3-4,9-11,13-15H2,1-2H3,(H,27,28)(H,29,31)/b26-16+. The van der Waals surface area contributed by atoms with Gasteiger partial charge in [-0.15, -0.1) is 0 Å². The summed E-state index contributed by atoms with van der Waals surface area (Å²) in [6.45, 7) is 6.26. The first-order valence-electron chi connectivity index (χ1n) is 11.8. The number of rotatable bonds is 7. The van der Waals surface area contributed by atoms with Crippen molar-refractivity contribution in [1.29, 1.82) is 0 Å². The molecule has 164 valence electrons. The number of hydrazone groups is 1. The van der Waals surface area contributed by atoms with Crippen molar-refractivity contribution in [2.24, 2.45) is 22.9 Å². The highest BCUT2D eigenvalue weighted by Crippen LogP contribution is 2.60. The number of anilines is 1. The molecule has 1 aromatic carbocycles. The van der Waals surface area contributed by atoms with Crippen LogP contribution in [0.5, 0.6) is 0 Å². The van der Waals surface area contributed by atoms with Gasteiger partial charge >= 0.3 is 0 Å². The quantitative estimate of drug-likeness (QED) is 0.513. The minimum absolute atomic E-state index is 0.218. The molecule has 6 heteroatoms. The molecule has 1 amide bonds. The monoisotopic (exact) mass is 419 g/mol. The third-order valence-electron chi connectivity index (χ3n) is 7.82. The van der Waals surface area contributed by atoms with E-state index in [1.807, 2.05) is 18.2 Å². The van der Waals surface area contributed by atoms with Crippen LogP contribution in [0.2, 0.25) is 0 Å². The van der Waals surface area contributed by atoms with E-state index in [0.29, 0.717) is 5.69 Å². The zero-order chi connectivity index (χ0) is 21.4. The SMILES string of the molecule is CCN(CC)c1ccc(/C=N/NC(=O)c2cc(C34CC5CC(CC(C5)C3)C4)[nH]n2)cc1. The summed E-state index contributed by atoms with van der Waals surface area (Å²) in [6, 6.07) is 10.2. The second kappa shape index (κ2) is 8.13. The van der Waals surface area contributed by atoms with Gasteiger partial charge in [0.1, 0.15) is 0 Å². The number of nitrogens with zero attached hydrogens (tertiary/aromatic N) is 3. The molecule has 4 bridgehead atoms. The fraction of sp³-hybridized carbons (Fsp3) is 0.560. The maximum atomic E-state index is 12.6. The summed E-state index contributed by atoms with van der Waals surface area (Å²) in [4.78, 5) is 14.9. The van der Waals surface area contributed by atoms with Gasteiger partial charge in [-0.05, 0) is 93.9 Å². The fourth-order valence-electron chi connectivity index (χ4n) is 6.73. The summed E-state index contributed by atoms with van der Waals surface area (Å²) in [5.74, 6) is 2.34. The van der Waals surface area contributed by atoms with Gasteiger partial charge in [-0.1, -0.05) is 12.1 Å². The number of carbonyl (C=O) groups excluding carboxylic acids is 1. The number of hydrogen-bond donors (Lipinski definition) is 2. The number of H-pyrrole nitrogens is 1. The van der Waals surface area contributed by atoms with E-state index < -0.39 is 0 Å². The molecule has 2 aromatic rings. The van der Waals surface area contributed by atoms with E-state index in [4.69, 9.17) is 0 Å². The molecular weight excluding hydrogens is 386 g/mol. The molecule has 0 spiro atoms. The Balaban J connectivity index is 1.22. The van der Waals surface area contributed by atoms with Crippen LogP contribution in [0.4, 0.5) is 5.69 Å². The molecular formula is C25H33N5O. The molecule has 0 saturated heterocycles. The van der Waals surface area contributed by atoms with E-state index in [2.05, 4.69) is 51.6 Å². The van der Waals surface area contributed by atoms with Crippen LogP contribution < -0.4 is 10.3 Å². The van der Waals surface area contributed by atoms with Crippen LogP contribution in [0.1, 0.15) is 74.1 Å². The topological polar surface area (TPSA) is 73.4 Å². The summed E-state index contributed by atoms with van der Waals surface area (Å²) < 4.78 is 0. The third kappa shape index (κ3) is 3.88. The van der Waals surface area contributed by atoms with Gasteiger partial charge in [-0.2, -0.15) is 10.2 Å². The molecule has 4 fully saturated rings. The lowest BCUT2D eigenvalue weighted by molar-refractivity contribution is -0.00721. The Morgan fingerprint density at radius 1 is 1.13 bits per heavy atom. The Bertz CT molecular complexity index is 921. The molecule has 0 atom stereocenters. The fourth-order valence-corrected chi connectivity index (χ4v) is 6.73. The lowest BCUT2D eigenvalue weighted by Crippen LogP contribution is -2.48. The predicted molar refractivity (Wildman–Crippen MR) is 124 cm³/mol. The van der Waals surface area contributed by atoms with E-state index in [1.54, 1.807) is 6.21 Å². The number of hydrogen-bond acceptors (Lipinski definition) is 4. The molecule has 2 N–H and O–H groups in total. The Morgan fingerprint density at radius 3 is 2.32 bits per heavy atom. The second-order valence-corrected chi connectivity index (χ2v) is 9.83. The summed E-state index contributed by atoms with van der Waals surface area (Å²) in [7, 11) is 0. The van der Waals surface area contributed by atoms with Crippen molar-refractivity contribution in [3.63, 3.8) is 0 Å². The normalized spacial score (nSPS) is 28.9. The van der Waals surface area contributed by atoms with E-state index >= 15 is 0 Å². The first kappa shape index (κ1) is 20.3. The van der Waals surface area contributed by atoms with E-state index in [1.165, 1.54) is 44.2 Å². The average molecular weight is 420 g/mol.